The third-order valence-electron chi connectivity index (χ3n) is 5.70. The number of piperazine rings is 1. The first-order valence-corrected chi connectivity index (χ1v) is 10.8. The highest BCUT2D eigenvalue weighted by molar-refractivity contribution is 7.16. The number of carbonyl (C=O) groups is 3. The van der Waals surface area contributed by atoms with Crippen LogP contribution in [0.3, 0.4) is 0 Å². The lowest BCUT2D eigenvalue weighted by molar-refractivity contribution is 0.0957. The Balaban J connectivity index is 1.33. The van der Waals surface area contributed by atoms with E-state index in [1.165, 1.54) is 6.07 Å². The molecule has 1 aromatic carbocycles. The summed E-state index contributed by atoms with van der Waals surface area (Å²) in [6.07, 6.45) is 0. The molecule has 0 unspecified atom stereocenters. The summed E-state index contributed by atoms with van der Waals surface area (Å²) in [5.41, 5.74) is 2.52. The number of hydrogen-bond acceptors (Lipinski definition) is 8. The number of carbonyl (C=O) groups excluding carboxylic acids is 3. The summed E-state index contributed by atoms with van der Waals surface area (Å²) in [6, 6.07) is 9.15. The van der Waals surface area contributed by atoms with E-state index < -0.39 is 5.78 Å². The Bertz CT molecular complexity index is 1200. The van der Waals surface area contributed by atoms with Crippen LogP contribution in [0.5, 0.6) is 0 Å². The minimum atomic E-state index is -0.419. The van der Waals surface area contributed by atoms with Crippen molar-refractivity contribution in [2.24, 2.45) is 0 Å². The number of likely N-dealkylation sites (N-methyl/N-ethyl adjacent to an activating group) is 1. The molecular weight excluding hydrogens is 416 g/mol. The zero-order valence-corrected chi connectivity index (χ0v) is 17.9. The fourth-order valence-electron chi connectivity index (χ4n) is 3.88. The fourth-order valence-corrected chi connectivity index (χ4v) is 4.88. The summed E-state index contributed by atoms with van der Waals surface area (Å²) in [4.78, 5) is 43.3. The Morgan fingerprint density at radius 2 is 1.81 bits per heavy atom. The van der Waals surface area contributed by atoms with Crippen molar-refractivity contribution in [1.82, 2.24) is 10.1 Å². The van der Waals surface area contributed by atoms with Gasteiger partial charge in [0.1, 0.15) is 0 Å². The number of amides is 1. The Kier molecular flexibility index (Phi) is 4.71. The van der Waals surface area contributed by atoms with Gasteiger partial charge in [0, 0.05) is 43.1 Å². The monoisotopic (exact) mass is 436 g/mol. The molecule has 158 valence electrons. The molecule has 5 rings (SSSR count). The van der Waals surface area contributed by atoms with Gasteiger partial charge < -0.3 is 19.6 Å². The van der Waals surface area contributed by atoms with Gasteiger partial charge in [0.05, 0.1) is 21.0 Å². The highest BCUT2D eigenvalue weighted by atomic mass is 32.1. The molecule has 0 spiro atoms. The summed E-state index contributed by atoms with van der Waals surface area (Å²) in [7, 11) is 2.12. The van der Waals surface area contributed by atoms with Gasteiger partial charge in [0.15, 0.2) is 0 Å². The number of fused-ring (bicyclic) bond motifs is 2. The van der Waals surface area contributed by atoms with Gasteiger partial charge in [-0.1, -0.05) is 5.16 Å². The van der Waals surface area contributed by atoms with Crippen LogP contribution in [0.15, 0.2) is 34.9 Å². The molecule has 1 aliphatic heterocycles. The first kappa shape index (κ1) is 19.7. The van der Waals surface area contributed by atoms with Gasteiger partial charge in [-0.2, -0.15) is 0 Å². The normalized spacial score (nSPS) is 16.3. The molecule has 8 nitrogen and oxygen atoms in total. The number of aryl methyl sites for hydroxylation is 1. The molecule has 1 amide bonds. The van der Waals surface area contributed by atoms with Crippen molar-refractivity contribution in [3.63, 3.8) is 0 Å². The van der Waals surface area contributed by atoms with Crippen LogP contribution < -0.4 is 10.2 Å². The number of rotatable bonds is 3. The Hall–Kier alpha value is -3.30. The molecule has 2 aliphatic rings. The summed E-state index contributed by atoms with van der Waals surface area (Å²) in [6.45, 7) is 5.60. The van der Waals surface area contributed by atoms with E-state index in [0.717, 1.165) is 43.2 Å². The maximum atomic E-state index is 12.8. The van der Waals surface area contributed by atoms with Gasteiger partial charge in [-0.15, -0.1) is 11.3 Å². The number of nitrogens with one attached hydrogen (secondary N) is 1. The maximum absolute atomic E-state index is 12.8. The van der Waals surface area contributed by atoms with Gasteiger partial charge >= 0.3 is 0 Å². The topological polar surface area (TPSA) is 95.8 Å². The fraction of sp³-hybridized carbons (Fsp3) is 0.273. The number of ketones is 2. The molecule has 1 saturated heterocycles. The Labute approximate surface area is 182 Å². The molecule has 0 atom stereocenters. The Morgan fingerprint density at radius 1 is 1.10 bits per heavy atom. The van der Waals surface area contributed by atoms with Crippen LogP contribution in [0.2, 0.25) is 0 Å². The molecule has 1 N–H and O–H groups in total. The Morgan fingerprint density at radius 3 is 2.52 bits per heavy atom. The van der Waals surface area contributed by atoms with E-state index >= 15 is 0 Å². The van der Waals surface area contributed by atoms with Crippen LogP contribution in [0.25, 0.3) is 0 Å². The van der Waals surface area contributed by atoms with E-state index in [2.05, 4.69) is 27.3 Å². The second kappa shape index (κ2) is 7.44. The number of aromatic nitrogens is 1. The average molecular weight is 436 g/mol. The predicted octanol–water partition coefficient (Wildman–Crippen LogP) is 2.82. The van der Waals surface area contributed by atoms with E-state index in [-0.39, 0.29) is 33.5 Å². The number of nitrogens with zero attached hydrogens (tertiary/aromatic N) is 3. The molecule has 3 aromatic rings. The molecule has 0 saturated carbocycles. The zero-order valence-electron chi connectivity index (χ0n) is 17.1. The van der Waals surface area contributed by atoms with Crippen molar-refractivity contribution in [2.75, 3.05) is 43.4 Å². The lowest BCUT2D eigenvalue weighted by Gasteiger charge is -2.34. The third kappa shape index (κ3) is 3.35. The zero-order chi connectivity index (χ0) is 21.7. The second-order valence-electron chi connectivity index (χ2n) is 7.78. The van der Waals surface area contributed by atoms with Gasteiger partial charge in [-0.05, 0) is 44.3 Å². The van der Waals surface area contributed by atoms with Gasteiger partial charge in [-0.3, -0.25) is 14.4 Å². The van der Waals surface area contributed by atoms with E-state index in [1.54, 1.807) is 6.92 Å². The molecule has 1 aliphatic carbocycles. The smallest absolute Gasteiger partial charge is 0.265 e. The number of anilines is 2. The van der Waals surface area contributed by atoms with E-state index in [1.807, 2.05) is 24.3 Å². The van der Waals surface area contributed by atoms with Crippen molar-refractivity contribution in [2.45, 2.75) is 6.92 Å². The van der Waals surface area contributed by atoms with Crippen LogP contribution in [-0.4, -0.2) is 60.8 Å². The van der Waals surface area contributed by atoms with Crippen LogP contribution in [0, 0.1) is 6.92 Å². The lowest BCUT2D eigenvalue weighted by atomic mass is 9.93. The third-order valence-corrected chi connectivity index (χ3v) is 6.83. The molecule has 1 fully saturated rings. The molecule has 3 heterocycles. The van der Waals surface area contributed by atoms with Crippen LogP contribution in [0.1, 0.15) is 46.7 Å². The second-order valence-corrected chi connectivity index (χ2v) is 8.83. The van der Waals surface area contributed by atoms with Crippen LogP contribution in [0.4, 0.5) is 11.4 Å². The highest BCUT2D eigenvalue weighted by Gasteiger charge is 2.38. The number of thiophene rings is 1. The predicted molar refractivity (Wildman–Crippen MR) is 117 cm³/mol. The summed E-state index contributed by atoms with van der Waals surface area (Å²) >= 11 is 1.01. The maximum Gasteiger partial charge on any atom is 0.265 e. The van der Waals surface area contributed by atoms with Crippen LogP contribution in [-0.2, 0) is 0 Å². The van der Waals surface area contributed by atoms with E-state index in [0.29, 0.717) is 16.3 Å². The standard InChI is InChI=1S/C22H20N4O4S/c1-12-17-19(28)21-15(18(27)20(17)30-24-12)11-16(31-21)22(29)23-13-3-5-14(6-4-13)26-9-7-25(2)8-10-26/h3-6,11H,7-10H2,1-2H3,(H,23,29). The van der Waals surface area contributed by atoms with Crippen molar-refractivity contribution >= 4 is 40.2 Å². The van der Waals surface area contributed by atoms with E-state index in [4.69, 9.17) is 4.52 Å². The lowest BCUT2D eigenvalue weighted by Crippen LogP contribution is -2.44. The molecule has 31 heavy (non-hydrogen) atoms. The highest BCUT2D eigenvalue weighted by Crippen LogP contribution is 2.35. The molecule has 0 radical (unpaired) electrons. The van der Waals surface area contributed by atoms with Gasteiger partial charge in [0.2, 0.25) is 17.3 Å². The summed E-state index contributed by atoms with van der Waals surface area (Å²) < 4.78 is 5.04. The minimum Gasteiger partial charge on any atom is -0.369 e. The molecule has 0 bridgehead atoms. The largest absolute Gasteiger partial charge is 0.369 e. The van der Waals surface area contributed by atoms with Gasteiger partial charge in [-0.25, -0.2) is 0 Å². The van der Waals surface area contributed by atoms with Crippen molar-refractivity contribution < 1.29 is 18.9 Å². The van der Waals surface area contributed by atoms with E-state index in [9.17, 15) is 14.4 Å². The molecule has 2 aromatic heterocycles. The van der Waals surface area contributed by atoms with Crippen molar-refractivity contribution in [1.29, 1.82) is 0 Å². The number of benzene rings is 1. The minimum absolute atomic E-state index is 0.0562. The quantitative estimate of drug-likeness (QED) is 0.528. The van der Waals surface area contributed by atoms with Crippen molar-refractivity contribution in [3.8, 4) is 0 Å². The molecular formula is C22H20N4O4S. The number of hydrogen-bond donors (Lipinski definition) is 1. The summed E-state index contributed by atoms with van der Waals surface area (Å²) in [5, 5.41) is 6.57. The summed E-state index contributed by atoms with van der Waals surface area (Å²) in [5.74, 6) is -1.17. The first-order valence-electron chi connectivity index (χ1n) is 9.97. The molecule has 9 heteroatoms. The SMILES string of the molecule is Cc1noc2c1C(=O)c1sc(C(=O)Nc3ccc(N4CCN(C)CC4)cc3)cc1C2=O. The first-order chi connectivity index (χ1) is 14.9. The van der Waals surface area contributed by atoms with Gasteiger partial charge in [0.25, 0.3) is 5.91 Å². The van der Waals surface area contributed by atoms with Crippen molar-refractivity contribution in [3.05, 3.63) is 62.7 Å². The average Bonchev–Trinajstić information content (AvgIpc) is 3.38. The van der Waals surface area contributed by atoms with Crippen LogP contribution >= 0.6 is 11.3 Å².